The quantitative estimate of drug-likeness (QED) is 0.676. The van der Waals surface area contributed by atoms with Crippen LogP contribution in [0.1, 0.15) is 33.1 Å². The molecular weight excluding hydrogens is 172 g/mol. The lowest BCUT2D eigenvalue weighted by molar-refractivity contribution is 0.208. The second-order valence-electron chi connectivity index (χ2n) is 5.41. The van der Waals surface area contributed by atoms with Crippen molar-refractivity contribution in [3.63, 3.8) is 0 Å². The molecule has 1 saturated heterocycles. The fraction of sp³-hybridized carbons (Fsp3) is 1.00. The van der Waals surface area contributed by atoms with Crippen LogP contribution in [0.15, 0.2) is 0 Å². The summed E-state index contributed by atoms with van der Waals surface area (Å²) in [4.78, 5) is 5.20. The Morgan fingerprint density at radius 2 is 2.00 bits per heavy atom. The Morgan fingerprint density at radius 3 is 2.50 bits per heavy atom. The summed E-state index contributed by atoms with van der Waals surface area (Å²) in [6.45, 7) is 8.56. The molecule has 2 heteroatoms. The first kappa shape index (κ1) is 10.4. The van der Waals surface area contributed by atoms with Gasteiger partial charge in [-0.3, -0.25) is 4.90 Å². The zero-order chi connectivity index (χ0) is 10.1. The van der Waals surface area contributed by atoms with Crippen LogP contribution in [-0.4, -0.2) is 48.6 Å². The molecule has 2 nitrogen and oxygen atoms in total. The molecule has 2 rings (SSSR count). The Balaban J connectivity index is 1.75. The fourth-order valence-corrected chi connectivity index (χ4v) is 2.45. The second-order valence-corrected chi connectivity index (χ2v) is 5.41. The van der Waals surface area contributed by atoms with Crippen LogP contribution in [0.2, 0.25) is 0 Å². The van der Waals surface area contributed by atoms with Crippen molar-refractivity contribution < 1.29 is 0 Å². The monoisotopic (exact) mass is 196 g/mol. The van der Waals surface area contributed by atoms with Gasteiger partial charge in [-0.15, -0.1) is 0 Å². The average Bonchev–Trinajstić information content (AvgIpc) is 2.81. The molecule has 0 N–H and O–H groups in total. The Labute approximate surface area is 88.3 Å². The first-order valence-corrected chi connectivity index (χ1v) is 6.11. The minimum Gasteiger partial charge on any atom is -0.302 e. The molecule has 0 bridgehead atoms. The van der Waals surface area contributed by atoms with E-state index in [1.165, 1.54) is 38.9 Å². The molecule has 0 amide bonds. The maximum absolute atomic E-state index is 2.61. The van der Waals surface area contributed by atoms with Gasteiger partial charge >= 0.3 is 0 Å². The van der Waals surface area contributed by atoms with Crippen molar-refractivity contribution in [2.45, 2.75) is 45.2 Å². The Bertz CT molecular complexity index is 187. The number of likely N-dealkylation sites (tertiary alicyclic amines) is 1. The number of likely N-dealkylation sites (N-methyl/N-ethyl adjacent to an activating group) is 1. The molecule has 2 fully saturated rings. The van der Waals surface area contributed by atoms with Gasteiger partial charge in [0.1, 0.15) is 0 Å². The summed E-state index contributed by atoms with van der Waals surface area (Å²) in [7, 11) is 2.31. The molecule has 0 spiro atoms. The van der Waals surface area contributed by atoms with Gasteiger partial charge in [-0.25, -0.2) is 0 Å². The van der Waals surface area contributed by atoms with E-state index >= 15 is 0 Å². The summed E-state index contributed by atoms with van der Waals surface area (Å²) in [6.07, 6.45) is 4.33. The fourth-order valence-electron chi connectivity index (χ4n) is 2.45. The van der Waals surface area contributed by atoms with Crippen molar-refractivity contribution in [3.05, 3.63) is 0 Å². The van der Waals surface area contributed by atoms with E-state index in [0.29, 0.717) is 0 Å². The van der Waals surface area contributed by atoms with Crippen molar-refractivity contribution in [2.75, 3.05) is 26.7 Å². The molecule has 82 valence electrons. The third-order valence-electron chi connectivity index (χ3n) is 3.79. The molecule has 0 radical (unpaired) electrons. The zero-order valence-corrected chi connectivity index (χ0v) is 9.87. The third-order valence-corrected chi connectivity index (χ3v) is 3.79. The van der Waals surface area contributed by atoms with Crippen LogP contribution >= 0.6 is 0 Å². The third kappa shape index (κ3) is 2.48. The van der Waals surface area contributed by atoms with Crippen LogP contribution < -0.4 is 0 Å². The summed E-state index contributed by atoms with van der Waals surface area (Å²) in [5, 5.41) is 0. The van der Waals surface area contributed by atoms with Gasteiger partial charge in [-0.1, -0.05) is 0 Å². The summed E-state index contributed by atoms with van der Waals surface area (Å²) < 4.78 is 0. The van der Waals surface area contributed by atoms with Gasteiger partial charge in [-0.05, 0) is 46.1 Å². The SMILES string of the molecule is CC(C)N1CC[C@H](N(C)CC2CC2)C1. The van der Waals surface area contributed by atoms with E-state index in [1.807, 2.05) is 0 Å². The predicted octanol–water partition coefficient (Wildman–Crippen LogP) is 1.81. The summed E-state index contributed by atoms with van der Waals surface area (Å²) >= 11 is 0. The lowest BCUT2D eigenvalue weighted by Crippen LogP contribution is -2.37. The van der Waals surface area contributed by atoms with E-state index in [-0.39, 0.29) is 0 Å². The van der Waals surface area contributed by atoms with Crippen LogP contribution in [0, 0.1) is 5.92 Å². The van der Waals surface area contributed by atoms with E-state index in [1.54, 1.807) is 0 Å². The summed E-state index contributed by atoms with van der Waals surface area (Å²) in [6, 6.07) is 1.56. The maximum Gasteiger partial charge on any atom is 0.0232 e. The van der Waals surface area contributed by atoms with Crippen LogP contribution in [0.3, 0.4) is 0 Å². The molecule has 2 aliphatic rings. The van der Waals surface area contributed by atoms with Crippen LogP contribution in [0.5, 0.6) is 0 Å². The number of hydrogen-bond acceptors (Lipinski definition) is 2. The minimum absolute atomic E-state index is 0.731. The smallest absolute Gasteiger partial charge is 0.0232 e. The van der Waals surface area contributed by atoms with Gasteiger partial charge in [0, 0.05) is 31.7 Å². The van der Waals surface area contributed by atoms with E-state index in [9.17, 15) is 0 Å². The molecule has 0 aromatic carbocycles. The molecule has 0 unspecified atom stereocenters. The van der Waals surface area contributed by atoms with Crippen molar-refractivity contribution in [1.29, 1.82) is 0 Å². The predicted molar refractivity (Wildman–Crippen MR) is 60.5 cm³/mol. The molecule has 14 heavy (non-hydrogen) atoms. The Kier molecular flexibility index (Phi) is 3.13. The van der Waals surface area contributed by atoms with Crippen molar-refractivity contribution >= 4 is 0 Å². The average molecular weight is 196 g/mol. The second kappa shape index (κ2) is 4.19. The highest BCUT2D eigenvalue weighted by Crippen LogP contribution is 2.30. The van der Waals surface area contributed by atoms with Gasteiger partial charge in [0.2, 0.25) is 0 Å². The number of nitrogens with zero attached hydrogens (tertiary/aromatic N) is 2. The molecule has 1 atom stereocenters. The first-order valence-electron chi connectivity index (χ1n) is 6.11. The molecule has 1 heterocycles. The maximum atomic E-state index is 2.61. The normalized spacial score (nSPS) is 29.4. The number of hydrogen-bond donors (Lipinski definition) is 0. The van der Waals surface area contributed by atoms with Crippen LogP contribution in [0.25, 0.3) is 0 Å². The van der Waals surface area contributed by atoms with Crippen molar-refractivity contribution in [3.8, 4) is 0 Å². The first-order chi connectivity index (χ1) is 6.66. The highest BCUT2D eigenvalue weighted by atomic mass is 15.3. The standard InChI is InChI=1S/C12H24N2/c1-10(2)14-7-6-12(9-14)13(3)8-11-4-5-11/h10-12H,4-9H2,1-3H3/t12-/m0/s1. The highest BCUT2D eigenvalue weighted by molar-refractivity contribution is 4.86. The van der Waals surface area contributed by atoms with Crippen molar-refractivity contribution in [1.82, 2.24) is 9.80 Å². The minimum atomic E-state index is 0.731. The molecule has 1 saturated carbocycles. The van der Waals surface area contributed by atoms with Gasteiger partial charge < -0.3 is 4.90 Å². The number of rotatable bonds is 4. The molecule has 0 aromatic rings. The topological polar surface area (TPSA) is 6.48 Å². The Morgan fingerprint density at radius 1 is 1.29 bits per heavy atom. The zero-order valence-electron chi connectivity index (χ0n) is 9.87. The van der Waals surface area contributed by atoms with Crippen LogP contribution in [-0.2, 0) is 0 Å². The summed E-state index contributed by atoms with van der Waals surface area (Å²) in [5.74, 6) is 1.04. The van der Waals surface area contributed by atoms with Gasteiger partial charge in [0.05, 0.1) is 0 Å². The highest BCUT2D eigenvalue weighted by Gasteiger charge is 2.30. The lowest BCUT2D eigenvalue weighted by Gasteiger charge is -2.26. The van der Waals surface area contributed by atoms with Gasteiger partial charge in [0.15, 0.2) is 0 Å². The van der Waals surface area contributed by atoms with Gasteiger partial charge in [0.25, 0.3) is 0 Å². The Hall–Kier alpha value is -0.0800. The van der Waals surface area contributed by atoms with Gasteiger partial charge in [-0.2, -0.15) is 0 Å². The van der Waals surface area contributed by atoms with Crippen molar-refractivity contribution in [2.24, 2.45) is 5.92 Å². The molecule has 0 aromatic heterocycles. The summed E-state index contributed by atoms with van der Waals surface area (Å²) in [5.41, 5.74) is 0. The molecular formula is C12H24N2. The van der Waals surface area contributed by atoms with E-state index < -0.39 is 0 Å². The molecule has 1 aliphatic heterocycles. The molecule has 1 aliphatic carbocycles. The van der Waals surface area contributed by atoms with E-state index in [4.69, 9.17) is 0 Å². The van der Waals surface area contributed by atoms with E-state index in [0.717, 1.165) is 18.0 Å². The van der Waals surface area contributed by atoms with E-state index in [2.05, 4.69) is 30.7 Å². The van der Waals surface area contributed by atoms with Crippen LogP contribution in [0.4, 0.5) is 0 Å². The largest absolute Gasteiger partial charge is 0.302 e. The lowest BCUT2D eigenvalue weighted by atomic mass is 10.2.